The van der Waals surface area contributed by atoms with Crippen LogP contribution in [0.15, 0.2) is 0 Å². The first-order valence-corrected chi connectivity index (χ1v) is 7.55. The van der Waals surface area contributed by atoms with Crippen molar-refractivity contribution in [2.45, 2.75) is 53.6 Å². The molecule has 0 atom stereocenters. The predicted octanol–water partition coefficient (Wildman–Crippen LogP) is 2.81. The van der Waals surface area contributed by atoms with Crippen molar-refractivity contribution >= 4 is 5.97 Å². The second-order valence-corrected chi connectivity index (χ2v) is 7.17. The first kappa shape index (κ1) is 20.3. The number of hydrogen-bond acceptors (Lipinski definition) is 5. The van der Waals surface area contributed by atoms with E-state index in [9.17, 15) is 4.79 Å². The summed E-state index contributed by atoms with van der Waals surface area (Å²) in [5, 5.41) is 0. The summed E-state index contributed by atoms with van der Waals surface area (Å²) < 4.78 is 21.1. The number of rotatable bonds is 10. The van der Waals surface area contributed by atoms with Crippen molar-refractivity contribution in [1.82, 2.24) is 0 Å². The molecule has 0 aliphatic rings. The van der Waals surface area contributed by atoms with E-state index in [-0.39, 0.29) is 12.6 Å². The van der Waals surface area contributed by atoms with Gasteiger partial charge in [0, 0.05) is 6.61 Å². The molecular weight excluding hydrogens is 272 g/mol. The van der Waals surface area contributed by atoms with Crippen LogP contribution in [0.4, 0.5) is 0 Å². The van der Waals surface area contributed by atoms with Gasteiger partial charge in [0.2, 0.25) is 0 Å². The van der Waals surface area contributed by atoms with Crippen molar-refractivity contribution in [3.8, 4) is 0 Å². The van der Waals surface area contributed by atoms with E-state index in [2.05, 4.69) is 20.8 Å². The highest BCUT2D eigenvalue weighted by Gasteiger charge is 2.15. The third-order valence-corrected chi connectivity index (χ3v) is 2.38. The minimum absolute atomic E-state index is 0.0390. The van der Waals surface area contributed by atoms with Crippen LogP contribution in [0.5, 0.6) is 0 Å². The topological polar surface area (TPSA) is 54.0 Å². The van der Waals surface area contributed by atoms with Crippen LogP contribution in [-0.4, -0.2) is 51.2 Å². The molecule has 0 aliphatic heterocycles. The zero-order valence-corrected chi connectivity index (χ0v) is 14.5. The lowest BCUT2D eigenvalue weighted by molar-refractivity contribution is -0.160. The average Bonchev–Trinajstić information content (AvgIpc) is 2.27. The Bertz CT molecular complexity index is 275. The van der Waals surface area contributed by atoms with Crippen LogP contribution in [0.1, 0.15) is 48.0 Å². The van der Waals surface area contributed by atoms with Crippen LogP contribution >= 0.6 is 0 Å². The fraction of sp³-hybridized carbons (Fsp3) is 0.938. The molecule has 5 nitrogen and oxygen atoms in total. The number of carbonyl (C=O) groups is 1. The van der Waals surface area contributed by atoms with Crippen LogP contribution in [-0.2, 0) is 23.7 Å². The van der Waals surface area contributed by atoms with Crippen molar-refractivity contribution in [2.75, 3.05) is 39.6 Å². The van der Waals surface area contributed by atoms with E-state index >= 15 is 0 Å². The van der Waals surface area contributed by atoms with Gasteiger partial charge in [-0.25, -0.2) is 4.79 Å². The van der Waals surface area contributed by atoms with Crippen LogP contribution in [0.2, 0.25) is 0 Å². The third kappa shape index (κ3) is 17.3. The first-order valence-electron chi connectivity index (χ1n) is 7.55. The molecule has 0 spiro atoms. The summed E-state index contributed by atoms with van der Waals surface area (Å²) in [6.07, 6.45) is 1.03. The molecule has 0 unspecified atom stereocenters. The Labute approximate surface area is 129 Å². The lowest BCUT2D eigenvalue weighted by Gasteiger charge is -2.19. The Morgan fingerprint density at radius 1 is 0.762 bits per heavy atom. The maximum Gasteiger partial charge on any atom is 0.332 e. The smallest absolute Gasteiger partial charge is 0.332 e. The molecule has 0 heterocycles. The minimum Gasteiger partial charge on any atom is -0.458 e. The molecule has 0 fully saturated rings. The monoisotopic (exact) mass is 304 g/mol. The Morgan fingerprint density at radius 2 is 1.24 bits per heavy atom. The SMILES string of the molecule is CC(C)(C)CCOCCOCCOCC(=O)OC(C)(C)C. The molecule has 0 saturated heterocycles. The molecule has 0 aromatic rings. The van der Waals surface area contributed by atoms with Crippen molar-refractivity contribution < 1.29 is 23.7 Å². The fourth-order valence-electron chi connectivity index (χ4n) is 1.34. The van der Waals surface area contributed by atoms with E-state index in [1.165, 1.54) is 0 Å². The number of esters is 1. The van der Waals surface area contributed by atoms with Crippen molar-refractivity contribution in [3.05, 3.63) is 0 Å². The standard InChI is InChI=1S/C16H32O5/c1-15(2,3)7-8-18-9-10-19-11-12-20-13-14(17)21-16(4,5)6/h7-13H2,1-6H3. The van der Waals surface area contributed by atoms with Crippen LogP contribution in [0.25, 0.3) is 0 Å². The van der Waals surface area contributed by atoms with Gasteiger partial charge in [0.15, 0.2) is 0 Å². The summed E-state index contributed by atoms with van der Waals surface area (Å²) in [6.45, 7) is 14.7. The lowest BCUT2D eigenvalue weighted by atomic mass is 9.93. The number of hydrogen-bond donors (Lipinski definition) is 0. The highest BCUT2D eigenvalue weighted by Crippen LogP contribution is 2.17. The summed E-state index contributed by atoms with van der Waals surface area (Å²) in [5.41, 5.74) is -0.169. The van der Waals surface area contributed by atoms with Gasteiger partial charge < -0.3 is 18.9 Å². The van der Waals surface area contributed by atoms with E-state index in [0.29, 0.717) is 31.8 Å². The average molecular weight is 304 g/mol. The van der Waals surface area contributed by atoms with Crippen LogP contribution in [0, 0.1) is 5.41 Å². The molecule has 0 aromatic carbocycles. The van der Waals surface area contributed by atoms with Gasteiger partial charge in [0.05, 0.1) is 26.4 Å². The summed E-state index contributed by atoms with van der Waals surface area (Å²) >= 11 is 0. The maximum atomic E-state index is 11.3. The minimum atomic E-state index is -0.471. The molecule has 0 radical (unpaired) electrons. The molecule has 5 heteroatoms. The van der Waals surface area contributed by atoms with Crippen LogP contribution < -0.4 is 0 Å². The first-order chi connectivity index (χ1) is 9.60. The Morgan fingerprint density at radius 3 is 1.71 bits per heavy atom. The van der Waals surface area contributed by atoms with E-state index in [0.717, 1.165) is 13.0 Å². The second kappa shape index (κ2) is 10.1. The van der Waals surface area contributed by atoms with Gasteiger partial charge in [-0.2, -0.15) is 0 Å². The maximum absolute atomic E-state index is 11.3. The zero-order chi connectivity index (χ0) is 16.4. The van der Waals surface area contributed by atoms with E-state index in [1.54, 1.807) is 0 Å². The van der Waals surface area contributed by atoms with Crippen molar-refractivity contribution in [1.29, 1.82) is 0 Å². The van der Waals surface area contributed by atoms with Crippen LogP contribution in [0.3, 0.4) is 0 Å². The molecule has 0 amide bonds. The van der Waals surface area contributed by atoms with E-state index in [4.69, 9.17) is 18.9 Å². The Kier molecular flexibility index (Phi) is 9.83. The van der Waals surface area contributed by atoms with Gasteiger partial charge in [0.25, 0.3) is 0 Å². The molecule has 0 aliphatic carbocycles. The molecule has 0 saturated carbocycles. The normalized spacial score (nSPS) is 12.5. The lowest BCUT2D eigenvalue weighted by Crippen LogP contribution is -2.27. The molecule has 0 bridgehead atoms. The number of ether oxygens (including phenoxy) is 4. The predicted molar refractivity (Wildman–Crippen MR) is 82.4 cm³/mol. The molecule has 21 heavy (non-hydrogen) atoms. The van der Waals surface area contributed by atoms with Gasteiger partial charge >= 0.3 is 5.97 Å². The van der Waals surface area contributed by atoms with Gasteiger partial charge in [-0.1, -0.05) is 20.8 Å². The van der Waals surface area contributed by atoms with E-state index < -0.39 is 5.60 Å². The highest BCUT2D eigenvalue weighted by molar-refractivity contribution is 5.71. The second-order valence-electron chi connectivity index (χ2n) is 7.17. The molecule has 0 N–H and O–H groups in total. The Balaban J connectivity index is 3.28. The largest absolute Gasteiger partial charge is 0.458 e. The Hall–Kier alpha value is -0.650. The number of carbonyl (C=O) groups excluding carboxylic acids is 1. The van der Waals surface area contributed by atoms with Crippen molar-refractivity contribution in [2.24, 2.45) is 5.41 Å². The summed E-state index contributed by atoms with van der Waals surface area (Å²) in [6, 6.07) is 0. The summed E-state index contributed by atoms with van der Waals surface area (Å²) in [4.78, 5) is 11.3. The van der Waals surface area contributed by atoms with Crippen molar-refractivity contribution in [3.63, 3.8) is 0 Å². The van der Waals surface area contributed by atoms with E-state index in [1.807, 2.05) is 20.8 Å². The zero-order valence-electron chi connectivity index (χ0n) is 14.5. The summed E-state index contributed by atoms with van der Waals surface area (Å²) in [5.74, 6) is -0.354. The summed E-state index contributed by atoms with van der Waals surface area (Å²) in [7, 11) is 0. The van der Waals surface area contributed by atoms with Gasteiger partial charge in [-0.15, -0.1) is 0 Å². The fourth-order valence-corrected chi connectivity index (χ4v) is 1.34. The van der Waals surface area contributed by atoms with Gasteiger partial charge in [-0.3, -0.25) is 0 Å². The van der Waals surface area contributed by atoms with Gasteiger partial charge in [-0.05, 0) is 32.6 Å². The highest BCUT2D eigenvalue weighted by atomic mass is 16.6. The quantitative estimate of drug-likeness (QED) is 0.459. The molecular formula is C16H32O5. The molecule has 0 aromatic heterocycles. The molecule has 0 rings (SSSR count). The third-order valence-electron chi connectivity index (χ3n) is 2.38. The van der Waals surface area contributed by atoms with Gasteiger partial charge in [0.1, 0.15) is 12.2 Å². The molecule has 126 valence electrons.